The highest BCUT2D eigenvalue weighted by molar-refractivity contribution is 6.39. The van der Waals surface area contributed by atoms with E-state index in [-0.39, 0.29) is 6.54 Å². The molecule has 158 valence electrons. The van der Waals surface area contributed by atoms with Crippen LogP contribution in [-0.2, 0) is 22.7 Å². The molecule has 2 heterocycles. The number of rotatable bonds is 7. The molecule has 0 bridgehead atoms. The molecular formula is C23H22N4O4. The largest absolute Gasteiger partial charge is 0.492 e. The normalized spacial score (nSPS) is 10.7. The van der Waals surface area contributed by atoms with E-state index in [9.17, 15) is 9.59 Å². The van der Waals surface area contributed by atoms with Gasteiger partial charge in [0, 0.05) is 35.1 Å². The maximum atomic E-state index is 12.3. The van der Waals surface area contributed by atoms with E-state index >= 15 is 0 Å². The van der Waals surface area contributed by atoms with Crippen molar-refractivity contribution < 1.29 is 18.7 Å². The van der Waals surface area contributed by atoms with Crippen LogP contribution in [0, 0.1) is 6.92 Å². The van der Waals surface area contributed by atoms with Gasteiger partial charge in [-0.25, -0.2) is 0 Å². The lowest BCUT2D eigenvalue weighted by Crippen LogP contribution is -2.35. The van der Waals surface area contributed by atoms with E-state index in [4.69, 9.17) is 9.15 Å². The molecule has 0 saturated carbocycles. The number of carbonyl (C=O) groups is 2. The second kappa shape index (κ2) is 9.17. The lowest BCUT2D eigenvalue weighted by Gasteiger charge is -2.09. The maximum absolute atomic E-state index is 12.3. The molecule has 8 nitrogen and oxygen atoms in total. The van der Waals surface area contributed by atoms with Crippen molar-refractivity contribution >= 4 is 28.5 Å². The third-order valence-electron chi connectivity index (χ3n) is 4.80. The Bertz CT molecular complexity index is 1200. The standard InChI is InChI=1S/C23H22N4O4/c1-16-19-8-2-3-9-20(19)31-21(16)15-24-22(28)23(29)26-17-6-4-7-18(14-17)30-13-12-27-11-5-10-25-27/h2-11,14H,12-13,15H2,1H3,(H,24,28)(H,26,29). The average molecular weight is 418 g/mol. The maximum Gasteiger partial charge on any atom is 0.313 e. The Kier molecular flexibility index (Phi) is 5.98. The molecule has 0 aliphatic rings. The van der Waals surface area contributed by atoms with Crippen molar-refractivity contribution in [2.45, 2.75) is 20.0 Å². The van der Waals surface area contributed by atoms with Gasteiger partial charge in [0.1, 0.15) is 23.7 Å². The Morgan fingerprint density at radius 3 is 2.77 bits per heavy atom. The highest BCUT2D eigenvalue weighted by Gasteiger charge is 2.16. The number of ether oxygens (including phenoxy) is 1. The summed E-state index contributed by atoms with van der Waals surface area (Å²) in [5.41, 5.74) is 2.16. The summed E-state index contributed by atoms with van der Waals surface area (Å²) in [7, 11) is 0. The number of anilines is 1. The zero-order valence-corrected chi connectivity index (χ0v) is 17.0. The Labute approximate surface area is 178 Å². The molecule has 0 aliphatic carbocycles. The summed E-state index contributed by atoms with van der Waals surface area (Å²) < 4.78 is 13.2. The van der Waals surface area contributed by atoms with Crippen LogP contribution in [-0.4, -0.2) is 28.2 Å². The molecule has 2 aromatic carbocycles. The SMILES string of the molecule is Cc1c(CNC(=O)C(=O)Nc2cccc(OCCn3cccn3)c2)oc2ccccc12. The summed E-state index contributed by atoms with van der Waals surface area (Å²) >= 11 is 0. The molecule has 2 aromatic heterocycles. The van der Waals surface area contributed by atoms with Crippen molar-refractivity contribution in [2.75, 3.05) is 11.9 Å². The fourth-order valence-electron chi connectivity index (χ4n) is 3.18. The molecule has 0 unspecified atom stereocenters. The molecule has 0 radical (unpaired) electrons. The van der Waals surface area contributed by atoms with Gasteiger partial charge in [-0.3, -0.25) is 14.3 Å². The van der Waals surface area contributed by atoms with Crippen molar-refractivity contribution in [1.29, 1.82) is 0 Å². The number of nitrogens with zero attached hydrogens (tertiary/aromatic N) is 2. The van der Waals surface area contributed by atoms with E-state index < -0.39 is 11.8 Å². The zero-order valence-electron chi connectivity index (χ0n) is 17.0. The van der Waals surface area contributed by atoms with E-state index in [0.29, 0.717) is 30.3 Å². The molecule has 0 aliphatic heterocycles. The lowest BCUT2D eigenvalue weighted by molar-refractivity contribution is -0.136. The van der Waals surface area contributed by atoms with Gasteiger partial charge in [-0.15, -0.1) is 0 Å². The van der Waals surface area contributed by atoms with E-state index in [1.807, 2.05) is 43.5 Å². The topological polar surface area (TPSA) is 98.4 Å². The first-order chi connectivity index (χ1) is 15.1. The zero-order chi connectivity index (χ0) is 21.6. The number of para-hydroxylation sites is 1. The Hall–Kier alpha value is -4.07. The molecular weight excluding hydrogens is 396 g/mol. The van der Waals surface area contributed by atoms with Gasteiger partial charge in [-0.05, 0) is 31.2 Å². The number of carbonyl (C=O) groups excluding carboxylic acids is 2. The van der Waals surface area contributed by atoms with Gasteiger partial charge in [0.25, 0.3) is 0 Å². The number of benzene rings is 2. The highest BCUT2D eigenvalue weighted by atomic mass is 16.5. The number of aromatic nitrogens is 2. The Morgan fingerprint density at radius 2 is 1.97 bits per heavy atom. The van der Waals surface area contributed by atoms with Crippen LogP contribution >= 0.6 is 0 Å². The monoisotopic (exact) mass is 418 g/mol. The molecule has 4 aromatic rings. The van der Waals surface area contributed by atoms with Crippen molar-refractivity contribution in [3.05, 3.63) is 78.3 Å². The van der Waals surface area contributed by atoms with E-state index in [2.05, 4.69) is 15.7 Å². The minimum atomic E-state index is -0.762. The first kappa shape index (κ1) is 20.2. The second-order valence-corrected chi connectivity index (χ2v) is 6.93. The number of nitrogens with one attached hydrogen (secondary N) is 2. The minimum absolute atomic E-state index is 0.128. The van der Waals surface area contributed by atoms with Gasteiger partial charge >= 0.3 is 11.8 Å². The molecule has 2 N–H and O–H groups in total. The highest BCUT2D eigenvalue weighted by Crippen LogP contribution is 2.24. The van der Waals surface area contributed by atoms with Crippen molar-refractivity contribution in [2.24, 2.45) is 0 Å². The van der Waals surface area contributed by atoms with E-state index in [1.54, 1.807) is 35.1 Å². The lowest BCUT2D eigenvalue weighted by atomic mass is 10.1. The number of furan rings is 1. The van der Waals surface area contributed by atoms with Crippen molar-refractivity contribution in [3.63, 3.8) is 0 Å². The smallest absolute Gasteiger partial charge is 0.313 e. The van der Waals surface area contributed by atoms with Crippen LogP contribution in [0.5, 0.6) is 5.75 Å². The fraction of sp³-hybridized carbons (Fsp3) is 0.174. The van der Waals surface area contributed by atoms with Crippen LogP contribution in [0.1, 0.15) is 11.3 Å². The number of fused-ring (bicyclic) bond motifs is 1. The molecule has 4 rings (SSSR count). The van der Waals surface area contributed by atoms with Crippen molar-refractivity contribution in [1.82, 2.24) is 15.1 Å². The molecule has 2 amide bonds. The third kappa shape index (κ3) is 4.92. The predicted molar refractivity (Wildman–Crippen MR) is 116 cm³/mol. The predicted octanol–water partition coefficient (Wildman–Crippen LogP) is 3.27. The van der Waals surface area contributed by atoms with Gasteiger partial charge in [0.2, 0.25) is 0 Å². The Morgan fingerprint density at radius 1 is 1.10 bits per heavy atom. The Balaban J connectivity index is 1.30. The number of hydrogen-bond donors (Lipinski definition) is 2. The summed E-state index contributed by atoms with van der Waals surface area (Å²) in [6, 6.07) is 16.4. The summed E-state index contributed by atoms with van der Waals surface area (Å²) in [5, 5.41) is 10.3. The second-order valence-electron chi connectivity index (χ2n) is 6.93. The van der Waals surface area contributed by atoms with Crippen LogP contribution in [0.25, 0.3) is 11.0 Å². The third-order valence-corrected chi connectivity index (χ3v) is 4.80. The van der Waals surface area contributed by atoms with Gasteiger partial charge in [0.05, 0.1) is 13.1 Å². The molecule has 8 heteroatoms. The van der Waals surface area contributed by atoms with Crippen LogP contribution < -0.4 is 15.4 Å². The molecule has 0 saturated heterocycles. The van der Waals surface area contributed by atoms with Gasteiger partial charge in [-0.2, -0.15) is 5.10 Å². The quantitative estimate of drug-likeness (QED) is 0.449. The minimum Gasteiger partial charge on any atom is -0.492 e. The summed E-state index contributed by atoms with van der Waals surface area (Å²) in [5.74, 6) is -0.300. The average Bonchev–Trinajstić information content (AvgIpc) is 3.40. The molecule has 31 heavy (non-hydrogen) atoms. The van der Waals surface area contributed by atoms with Gasteiger partial charge < -0.3 is 19.8 Å². The molecule has 0 fully saturated rings. The number of hydrogen-bond acceptors (Lipinski definition) is 5. The number of aryl methyl sites for hydroxylation is 1. The molecule has 0 atom stereocenters. The van der Waals surface area contributed by atoms with E-state index in [1.165, 1.54) is 0 Å². The van der Waals surface area contributed by atoms with Crippen LogP contribution in [0.3, 0.4) is 0 Å². The fourth-order valence-corrected chi connectivity index (χ4v) is 3.18. The van der Waals surface area contributed by atoms with Crippen LogP contribution in [0.4, 0.5) is 5.69 Å². The van der Waals surface area contributed by atoms with Gasteiger partial charge in [-0.1, -0.05) is 24.3 Å². The molecule has 0 spiro atoms. The summed E-state index contributed by atoms with van der Waals surface area (Å²) in [4.78, 5) is 24.5. The van der Waals surface area contributed by atoms with Gasteiger partial charge in [0.15, 0.2) is 0 Å². The summed E-state index contributed by atoms with van der Waals surface area (Å²) in [6.45, 7) is 3.08. The first-order valence-electron chi connectivity index (χ1n) is 9.86. The van der Waals surface area contributed by atoms with Crippen LogP contribution in [0.2, 0.25) is 0 Å². The van der Waals surface area contributed by atoms with Crippen LogP contribution in [0.15, 0.2) is 71.4 Å². The number of amides is 2. The summed E-state index contributed by atoms with van der Waals surface area (Å²) in [6.07, 6.45) is 3.56. The van der Waals surface area contributed by atoms with E-state index in [0.717, 1.165) is 16.5 Å². The van der Waals surface area contributed by atoms with Crippen molar-refractivity contribution in [3.8, 4) is 5.75 Å². The first-order valence-corrected chi connectivity index (χ1v) is 9.86.